The predicted octanol–water partition coefficient (Wildman–Crippen LogP) is 1.98. The molecule has 0 saturated heterocycles. The molecule has 102 valence electrons. The summed E-state index contributed by atoms with van der Waals surface area (Å²) < 4.78 is 5.44. The number of nitrogens with two attached hydrogens (primary N) is 1. The Morgan fingerprint density at radius 2 is 2.00 bits per heavy atom. The standard InChI is InChI=1S/C14H12N2O4/c1-8-2-4-10(14(18)19)11(6-8)20-12-5-3-9(7-16-12)13(15)17/h2-7H,1H3,(H2,15,17)(H,18,19). The van der Waals surface area contributed by atoms with Crippen molar-refractivity contribution in [1.82, 2.24) is 4.98 Å². The van der Waals surface area contributed by atoms with Crippen LogP contribution < -0.4 is 10.5 Å². The van der Waals surface area contributed by atoms with E-state index in [9.17, 15) is 9.59 Å². The number of amides is 1. The molecule has 0 atom stereocenters. The number of rotatable bonds is 4. The summed E-state index contributed by atoms with van der Waals surface area (Å²) in [7, 11) is 0. The number of aryl methyl sites for hydroxylation is 1. The van der Waals surface area contributed by atoms with Crippen LogP contribution >= 0.6 is 0 Å². The van der Waals surface area contributed by atoms with Crippen LogP contribution in [0.25, 0.3) is 0 Å². The van der Waals surface area contributed by atoms with Gasteiger partial charge in [-0.2, -0.15) is 0 Å². The van der Waals surface area contributed by atoms with Crippen molar-refractivity contribution < 1.29 is 19.4 Å². The van der Waals surface area contributed by atoms with E-state index in [-0.39, 0.29) is 22.8 Å². The van der Waals surface area contributed by atoms with E-state index in [4.69, 9.17) is 15.6 Å². The van der Waals surface area contributed by atoms with Crippen LogP contribution in [0, 0.1) is 6.92 Å². The van der Waals surface area contributed by atoms with Gasteiger partial charge in [-0.25, -0.2) is 9.78 Å². The third-order valence-electron chi connectivity index (χ3n) is 2.60. The van der Waals surface area contributed by atoms with Crippen LogP contribution in [0.1, 0.15) is 26.3 Å². The molecule has 6 heteroatoms. The highest BCUT2D eigenvalue weighted by molar-refractivity contribution is 5.92. The zero-order chi connectivity index (χ0) is 14.7. The molecule has 0 aliphatic heterocycles. The Bertz CT molecular complexity index is 665. The van der Waals surface area contributed by atoms with Gasteiger partial charge in [-0.3, -0.25) is 4.79 Å². The summed E-state index contributed by atoms with van der Waals surface area (Å²) in [6.07, 6.45) is 1.27. The summed E-state index contributed by atoms with van der Waals surface area (Å²) in [5, 5.41) is 9.09. The van der Waals surface area contributed by atoms with Crippen LogP contribution in [-0.2, 0) is 0 Å². The Morgan fingerprint density at radius 1 is 1.25 bits per heavy atom. The van der Waals surface area contributed by atoms with E-state index in [2.05, 4.69) is 4.98 Å². The van der Waals surface area contributed by atoms with Gasteiger partial charge in [-0.1, -0.05) is 6.07 Å². The van der Waals surface area contributed by atoms with Gasteiger partial charge in [0.2, 0.25) is 11.8 Å². The maximum absolute atomic E-state index is 11.1. The molecular formula is C14H12N2O4. The van der Waals surface area contributed by atoms with Crippen LogP contribution in [0.3, 0.4) is 0 Å². The zero-order valence-corrected chi connectivity index (χ0v) is 10.7. The molecule has 0 saturated carbocycles. The van der Waals surface area contributed by atoms with Gasteiger partial charge in [0.25, 0.3) is 0 Å². The Balaban J connectivity index is 2.31. The van der Waals surface area contributed by atoms with E-state index < -0.39 is 11.9 Å². The highest BCUT2D eigenvalue weighted by Crippen LogP contribution is 2.25. The lowest BCUT2D eigenvalue weighted by atomic mass is 10.1. The van der Waals surface area contributed by atoms with Crippen molar-refractivity contribution in [3.63, 3.8) is 0 Å². The van der Waals surface area contributed by atoms with Gasteiger partial charge in [0.1, 0.15) is 11.3 Å². The molecule has 1 aromatic heterocycles. The molecule has 1 aromatic carbocycles. The van der Waals surface area contributed by atoms with Crippen LogP contribution in [0.2, 0.25) is 0 Å². The average Bonchev–Trinajstić information content (AvgIpc) is 2.39. The molecule has 0 unspecified atom stereocenters. The number of pyridine rings is 1. The molecule has 6 nitrogen and oxygen atoms in total. The molecule has 0 aliphatic rings. The molecule has 2 rings (SSSR count). The van der Waals surface area contributed by atoms with Gasteiger partial charge < -0.3 is 15.6 Å². The number of nitrogens with zero attached hydrogens (tertiary/aromatic N) is 1. The van der Waals surface area contributed by atoms with Crippen molar-refractivity contribution in [2.75, 3.05) is 0 Å². The molecule has 20 heavy (non-hydrogen) atoms. The summed E-state index contributed by atoms with van der Waals surface area (Å²) in [5.74, 6) is -1.31. The molecule has 3 N–H and O–H groups in total. The number of hydrogen-bond acceptors (Lipinski definition) is 4. The fraction of sp³-hybridized carbons (Fsp3) is 0.0714. The lowest BCUT2D eigenvalue weighted by Gasteiger charge is -2.09. The second kappa shape index (κ2) is 5.40. The molecule has 0 aliphatic carbocycles. The van der Waals surface area contributed by atoms with E-state index in [1.807, 2.05) is 6.92 Å². The van der Waals surface area contributed by atoms with Gasteiger partial charge in [0.15, 0.2) is 0 Å². The van der Waals surface area contributed by atoms with Gasteiger partial charge >= 0.3 is 5.97 Å². The first-order valence-corrected chi connectivity index (χ1v) is 5.75. The number of aromatic nitrogens is 1. The lowest BCUT2D eigenvalue weighted by Crippen LogP contribution is -2.11. The quantitative estimate of drug-likeness (QED) is 0.885. The first-order chi connectivity index (χ1) is 9.47. The molecule has 0 radical (unpaired) electrons. The van der Waals surface area contributed by atoms with Gasteiger partial charge in [-0.05, 0) is 30.7 Å². The summed E-state index contributed by atoms with van der Waals surface area (Å²) in [6, 6.07) is 7.66. The molecule has 0 fully saturated rings. The zero-order valence-electron chi connectivity index (χ0n) is 10.7. The van der Waals surface area contributed by atoms with Crippen molar-refractivity contribution in [2.45, 2.75) is 6.92 Å². The van der Waals surface area contributed by atoms with Crippen molar-refractivity contribution in [2.24, 2.45) is 5.73 Å². The summed E-state index contributed by atoms with van der Waals surface area (Å²) in [4.78, 5) is 25.9. The largest absolute Gasteiger partial charge is 0.478 e. The van der Waals surface area contributed by atoms with E-state index in [0.717, 1.165) is 5.56 Å². The number of carboxylic acid groups (broad SMARTS) is 1. The van der Waals surface area contributed by atoms with E-state index in [0.29, 0.717) is 0 Å². The third-order valence-corrected chi connectivity index (χ3v) is 2.60. The van der Waals surface area contributed by atoms with Crippen molar-refractivity contribution in [1.29, 1.82) is 0 Å². The first-order valence-electron chi connectivity index (χ1n) is 5.75. The van der Waals surface area contributed by atoms with E-state index in [1.165, 1.54) is 24.4 Å². The Hall–Kier alpha value is -2.89. The summed E-state index contributed by atoms with van der Waals surface area (Å²) in [5.41, 5.74) is 6.25. The number of aromatic carboxylic acids is 1. The highest BCUT2D eigenvalue weighted by atomic mass is 16.5. The Kier molecular flexibility index (Phi) is 3.65. The maximum atomic E-state index is 11.1. The number of carbonyl (C=O) groups is 2. The number of primary amides is 1. The van der Waals surface area contributed by atoms with E-state index >= 15 is 0 Å². The Labute approximate surface area is 114 Å². The van der Waals surface area contributed by atoms with Crippen LogP contribution in [0.4, 0.5) is 0 Å². The fourth-order valence-corrected chi connectivity index (χ4v) is 1.59. The SMILES string of the molecule is Cc1ccc(C(=O)O)c(Oc2ccc(C(N)=O)cn2)c1. The second-order valence-electron chi connectivity index (χ2n) is 4.16. The number of carboxylic acids is 1. The molecular weight excluding hydrogens is 260 g/mol. The molecule has 0 bridgehead atoms. The molecule has 2 aromatic rings. The minimum absolute atomic E-state index is 0.0383. The molecule has 1 heterocycles. The highest BCUT2D eigenvalue weighted by Gasteiger charge is 2.13. The van der Waals surface area contributed by atoms with Crippen molar-refractivity contribution in [3.05, 3.63) is 53.2 Å². The second-order valence-corrected chi connectivity index (χ2v) is 4.16. The number of ether oxygens (including phenoxy) is 1. The van der Waals surface area contributed by atoms with Crippen molar-refractivity contribution in [3.8, 4) is 11.6 Å². The number of carbonyl (C=O) groups excluding carboxylic acids is 1. The minimum Gasteiger partial charge on any atom is -0.478 e. The smallest absolute Gasteiger partial charge is 0.339 e. The van der Waals surface area contributed by atoms with E-state index in [1.54, 1.807) is 12.1 Å². The predicted molar refractivity (Wildman–Crippen MR) is 71.0 cm³/mol. The Morgan fingerprint density at radius 3 is 2.55 bits per heavy atom. The number of hydrogen-bond donors (Lipinski definition) is 2. The summed E-state index contributed by atoms with van der Waals surface area (Å²) >= 11 is 0. The van der Waals surface area contributed by atoms with Gasteiger partial charge in [-0.15, -0.1) is 0 Å². The fourth-order valence-electron chi connectivity index (χ4n) is 1.59. The van der Waals surface area contributed by atoms with Crippen LogP contribution in [-0.4, -0.2) is 22.0 Å². The normalized spacial score (nSPS) is 10.1. The van der Waals surface area contributed by atoms with Gasteiger partial charge in [0.05, 0.1) is 5.56 Å². The van der Waals surface area contributed by atoms with Gasteiger partial charge in [0, 0.05) is 12.3 Å². The first kappa shape index (κ1) is 13.5. The molecule has 0 spiro atoms. The monoisotopic (exact) mass is 272 g/mol. The topological polar surface area (TPSA) is 103 Å². The number of benzene rings is 1. The van der Waals surface area contributed by atoms with Crippen LogP contribution in [0.15, 0.2) is 36.5 Å². The maximum Gasteiger partial charge on any atom is 0.339 e. The molecule has 1 amide bonds. The lowest BCUT2D eigenvalue weighted by molar-refractivity contribution is 0.0694. The minimum atomic E-state index is -1.09. The third kappa shape index (κ3) is 2.92. The average molecular weight is 272 g/mol. The summed E-state index contributed by atoms with van der Waals surface area (Å²) in [6.45, 7) is 1.82. The van der Waals surface area contributed by atoms with Crippen molar-refractivity contribution >= 4 is 11.9 Å². The van der Waals surface area contributed by atoms with Crippen LogP contribution in [0.5, 0.6) is 11.6 Å².